The number of hydrogen-bond acceptors (Lipinski definition) is 2. The summed E-state index contributed by atoms with van der Waals surface area (Å²) in [4.78, 5) is 11.5. The van der Waals surface area contributed by atoms with Gasteiger partial charge in [0.2, 0.25) is 0 Å². The second kappa shape index (κ2) is 5.04. The molecule has 5 heteroatoms. The Balaban J connectivity index is 2.89. The first kappa shape index (κ1) is 14.0. The molecular weight excluding hydrogens is 289 g/mol. The minimum Gasteiger partial charge on any atom is -0.444 e. The molecule has 1 aromatic rings. The van der Waals surface area contributed by atoms with E-state index in [0.717, 1.165) is 0 Å². The summed E-state index contributed by atoms with van der Waals surface area (Å²) >= 11 is 3.18. The Kier molecular flexibility index (Phi) is 4.14. The van der Waals surface area contributed by atoms with Gasteiger partial charge in [0.1, 0.15) is 5.60 Å². The van der Waals surface area contributed by atoms with Crippen LogP contribution in [0.3, 0.4) is 0 Å². The molecule has 0 saturated heterocycles. The molecule has 0 atom stereocenters. The van der Waals surface area contributed by atoms with Crippen molar-refractivity contribution in [2.75, 3.05) is 5.32 Å². The summed E-state index contributed by atoms with van der Waals surface area (Å²) in [6, 6.07) is 3.30. The van der Waals surface area contributed by atoms with E-state index in [1.54, 1.807) is 39.8 Å². The van der Waals surface area contributed by atoms with Crippen molar-refractivity contribution in [2.24, 2.45) is 0 Å². The van der Waals surface area contributed by atoms with Crippen LogP contribution in [0.25, 0.3) is 0 Å². The van der Waals surface area contributed by atoms with E-state index in [1.807, 2.05) is 0 Å². The van der Waals surface area contributed by atoms with Crippen LogP contribution >= 0.6 is 15.9 Å². The van der Waals surface area contributed by atoms with Crippen LogP contribution in [0.2, 0.25) is 0 Å². The molecule has 0 aliphatic carbocycles. The number of carbonyl (C=O) groups excluding carboxylic acids is 1. The molecule has 1 amide bonds. The number of rotatable bonds is 1. The van der Waals surface area contributed by atoms with E-state index in [-0.39, 0.29) is 5.69 Å². The molecule has 0 radical (unpaired) electrons. The molecule has 94 valence electrons. The van der Waals surface area contributed by atoms with Crippen molar-refractivity contribution >= 4 is 27.7 Å². The highest BCUT2D eigenvalue weighted by Crippen LogP contribution is 2.28. The van der Waals surface area contributed by atoms with E-state index in [4.69, 9.17) is 4.74 Å². The smallest absolute Gasteiger partial charge is 0.412 e. The monoisotopic (exact) mass is 303 g/mol. The van der Waals surface area contributed by atoms with Gasteiger partial charge in [0.25, 0.3) is 0 Å². The van der Waals surface area contributed by atoms with Crippen LogP contribution in [0.1, 0.15) is 26.3 Å². The van der Waals surface area contributed by atoms with Gasteiger partial charge < -0.3 is 4.74 Å². The average molecular weight is 304 g/mol. The summed E-state index contributed by atoms with van der Waals surface area (Å²) in [5, 5.41) is 2.39. The highest BCUT2D eigenvalue weighted by molar-refractivity contribution is 9.10. The molecular formula is C12H15BrFNO2. The van der Waals surface area contributed by atoms with E-state index < -0.39 is 17.5 Å². The largest absolute Gasteiger partial charge is 0.444 e. The van der Waals surface area contributed by atoms with Gasteiger partial charge in [-0.05, 0) is 55.3 Å². The summed E-state index contributed by atoms with van der Waals surface area (Å²) in [5.41, 5.74) is -0.0601. The Morgan fingerprint density at radius 3 is 2.53 bits per heavy atom. The summed E-state index contributed by atoms with van der Waals surface area (Å²) in [6.07, 6.45) is -0.678. The fraction of sp³-hybridized carbons (Fsp3) is 0.417. The third-order valence-corrected chi connectivity index (χ3v) is 2.57. The van der Waals surface area contributed by atoms with Crippen molar-refractivity contribution in [1.82, 2.24) is 0 Å². The van der Waals surface area contributed by atoms with Crippen molar-refractivity contribution in [3.05, 3.63) is 28.0 Å². The van der Waals surface area contributed by atoms with Gasteiger partial charge in [-0.1, -0.05) is 6.07 Å². The number of amides is 1. The van der Waals surface area contributed by atoms with Gasteiger partial charge in [0, 0.05) is 4.47 Å². The Labute approximate surface area is 108 Å². The number of anilines is 1. The lowest BCUT2D eigenvalue weighted by Crippen LogP contribution is -2.27. The number of carbonyl (C=O) groups is 1. The van der Waals surface area contributed by atoms with Gasteiger partial charge in [-0.2, -0.15) is 0 Å². The summed E-state index contributed by atoms with van der Waals surface area (Å²) < 4.78 is 19.3. The quantitative estimate of drug-likeness (QED) is 0.842. The van der Waals surface area contributed by atoms with E-state index in [9.17, 15) is 9.18 Å². The number of ether oxygens (including phenoxy) is 1. The Bertz CT molecular complexity index is 441. The molecule has 0 heterocycles. The Morgan fingerprint density at radius 2 is 2.00 bits per heavy atom. The van der Waals surface area contributed by atoms with Gasteiger partial charge >= 0.3 is 6.09 Å². The minimum absolute atomic E-state index is 0.0965. The molecule has 0 aromatic heterocycles. The lowest BCUT2D eigenvalue weighted by atomic mass is 10.2. The second-order valence-electron chi connectivity index (χ2n) is 4.68. The van der Waals surface area contributed by atoms with Crippen molar-refractivity contribution in [3.63, 3.8) is 0 Å². The zero-order valence-corrected chi connectivity index (χ0v) is 11.8. The molecule has 0 fully saturated rings. The van der Waals surface area contributed by atoms with Crippen LogP contribution in [-0.2, 0) is 4.74 Å². The predicted octanol–water partition coefficient (Wildman–Crippen LogP) is 4.24. The molecule has 0 saturated carbocycles. The minimum atomic E-state index is -0.678. The maximum atomic E-state index is 13.8. The average Bonchev–Trinajstić information content (AvgIpc) is 2.16. The maximum absolute atomic E-state index is 13.8. The summed E-state index contributed by atoms with van der Waals surface area (Å²) in [6.45, 7) is 6.86. The number of hydrogen-bond donors (Lipinski definition) is 1. The fourth-order valence-corrected chi connectivity index (χ4v) is 1.58. The topological polar surface area (TPSA) is 38.3 Å². The lowest BCUT2D eigenvalue weighted by molar-refractivity contribution is 0.0635. The van der Waals surface area contributed by atoms with Gasteiger partial charge in [0.05, 0.1) is 5.69 Å². The van der Waals surface area contributed by atoms with E-state index >= 15 is 0 Å². The molecule has 1 rings (SSSR count). The zero-order chi connectivity index (χ0) is 13.2. The first-order valence-electron chi connectivity index (χ1n) is 5.15. The molecule has 0 spiro atoms. The van der Waals surface area contributed by atoms with Gasteiger partial charge in [-0.25, -0.2) is 9.18 Å². The standard InChI is InChI=1S/C12H15BrFNO2/c1-7-5-6-8(13)10(9(7)14)15-11(16)17-12(2,3)4/h5-6H,1-4H3,(H,15,16). The van der Waals surface area contributed by atoms with Gasteiger partial charge in [-0.15, -0.1) is 0 Å². The normalized spacial score (nSPS) is 11.2. The summed E-state index contributed by atoms with van der Waals surface area (Å²) in [5.74, 6) is -0.467. The van der Waals surface area contributed by atoms with Crippen LogP contribution in [-0.4, -0.2) is 11.7 Å². The van der Waals surface area contributed by atoms with Crippen LogP contribution in [0.4, 0.5) is 14.9 Å². The molecule has 17 heavy (non-hydrogen) atoms. The third-order valence-electron chi connectivity index (χ3n) is 1.91. The third kappa shape index (κ3) is 4.00. The van der Waals surface area contributed by atoms with Crippen molar-refractivity contribution < 1.29 is 13.9 Å². The van der Waals surface area contributed by atoms with Crippen molar-refractivity contribution in [2.45, 2.75) is 33.3 Å². The first-order valence-corrected chi connectivity index (χ1v) is 5.94. The lowest BCUT2D eigenvalue weighted by Gasteiger charge is -2.20. The van der Waals surface area contributed by atoms with Gasteiger partial charge in [0.15, 0.2) is 5.82 Å². The van der Waals surface area contributed by atoms with E-state index in [0.29, 0.717) is 10.0 Å². The highest BCUT2D eigenvalue weighted by atomic mass is 79.9. The Morgan fingerprint density at radius 1 is 1.41 bits per heavy atom. The van der Waals surface area contributed by atoms with Crippen molar-refractivity contribution in [3.8, 4) is 0 Å². The molecule has 1 aromatic carbocycles. The SMILES string of the molecule is Cc1ccc(Br)c(NC(=O)OC(C)(C)C)c1F. The van der Waals surface area contributed by atoms with Crippen molar-refractivity contribution in [1.29, 1.82) is 0 Å². The number of halogens is 2. The number of nitrogens with one attached hydrogen (secondary N) is 1. The van der Waals surface area contributed by atoms with Crippen LogP contribution in [0.5, 0.6) is 0 Å². The van der Waals surface area contributed by atoms with Crippen LogP contribution < -0.4 is 5.32 Å². The molecule has 0 unspecified atom stereocenters. The molecule has 1 N–H and O–H groups in total. The fourth-order valence-electron chi connectivity index (χ4n) is 1.18. The van der Waals surface area contributed by atoms with Crippen LogP contribution in [0, 0.1) is 12.7 Å². The molecule has 0 bridgehead atoms. The molecule has 0 aliphatic heterocycles. The van der Waals surface area contributed by atoms with Crippen LogP contribution in [0.15, 0.2) is 16.6 Å². The molecule has 0 aliphatic rings. The maximum Gasteiger partial charge on any atom is 0.412 e. The Hall–Kier alpha value is -1.10. The first-order chi connectivity index (χ1) is 7.70. The number of aryl methyl sites for hydroxylation is 1. The molecule has 3 nitrogen and oxygen atoms in total. The number of benzene rings is 1. The van der Waals surface area contributed by atoms with E-state index in [1.165, 1.54) is 0 Å². The van der Waals surface area contributed by atoms with Gasteiger partial charge in [-0.3, -0.25) is 5.32 Å². The second-order valence-corrected chi connectivity index (χ2v) is 5.53. The zero-order valence-electron chi connectivity index (χ0n) is 10.2. The highest BCUT2D eigenvalue weighted by Gasteiger charge is 2.19. The predicted molar refractivity (Wildman–Crippen MR) is 68.7 cm³/mol. The van der Waals surface area contributed by atoms with E-state index in [2.05, 4.69) is 21.2 Å². The summed E-state index contributed by atoms with van der Waals surface area (Å²) in [7, 11) is 0.